The molecule has 0 aromatic heterocycles. The number of rotatable bonds is 7. The first kappa shape index (κ1) is 19.0. The zero-order chi connectivity index (χ0) is 18.7. The highest BCUT2D eigenvalue weighted by Gasteiger charge is 2.10. The van der Waals surface area contributed by atoms with Gasteiger partial charge >= 0.3 is 0 Å². The Balaban J connectivity index is 1.38. The Morgan fingerprint density at radius 3 is 2.48 bits per heavy atom. The third kappa shape index (κ3) is 6.18. The van der Waals surface area contributed by atoms with Crippen LogP contribution in [0.1, 0.15) is 5.56 Å². The number of aliphatic imine (C=N–C) groups is 1. The second kappa shape index (κ2) is 10.4. The number of nitrogens with zero attached hydrogens (tertiary/aromatic N) is 2. The van der Waals surface area contributed by atoms with E-state index in [0.29, 0.717) is 13.2 Å². The summed E-state index contributed by atoms with van der Waals surface area (Å²) in [5.74, 6) is 1.64. The van der Waals surface area contributed by atoms with E-state index in [4.69, 9.17) is 9.47 Å². The first-order valence-electron chi connectivity index (χ1n) is 9.39. The Morgan fingerprint density at radius 1 is 1.04 bits per heavy atom. The molecule has 3 rings (SSSR count). The lowest BCUT2D eigenvalue weighted by molar-refractivity contribution is 0.122. The van der Waals surface area contributed by atoms with Gasteiger partial charge in [0.2, 0.25) is 0 Å². The molecule has 1 heterocycles. The topological polar surface area (TPSA) is 58.1 Å². The van der Waals surface area contributed by atoms with Gasteiger partial charge in [0.05, 0.1) is 19.8 Å². The summed E-state index contributed by atoms with van der Waals surface area (Å²) in [4.78, 5) is 6.61. The van der Waals surface area contributed by atoms with Crippen molar-refractivity contribution in [2.24, 2.45) is 4.99 Å². The molecule has 0 bridgehead atoms. The molecular formula is C21H28N4O2. The molecule has 1 aliphatic rings. The summed E-state index contributed by atoms with van der Waals surface area (Å²) < 4.78 is 11.1. The van der Waals surface area contributed by atoms with Crippen LogP contribution in [0.4, 0.5) is 5.69 Å². The quantitative estimate of drug-likeness (QED) is 0.446. The van der Waals surface area contributed by atoms with Gasteiger partial charge in [-0.25, -0.2) is 0 Å². The number of benzene rings is 2. The Morgan fingerprint density at radius 2 is 1.78 bits per heavy atom. The van der Waals surface area contributed by atoms with Gasteiger partial charge in [-0.3, -0.25) is 4.99 Å². The first-order chi connectivity index (χ1) is 13.3. The lowest BCUT2D eigenvalue weighted by Crippen LogP contribution is -2.39. The van der Waals surface area contributed by atoms with Crippen molar-refractivity contribution < 1.29 is 9.47 Å². The van der Waals surface area contributed by atoms with Crippen molar-refractivity contribution in [3.63, 3.8) is 0 Å². The molecular weight excluding hydrogens is 340 g/mol. The predicted molar refractivity (Wildman–Crippen MR) is 110 cm³/mol. The number of guanidine groups is 1. The molecule has 144 valence electrons. The Kier molecular flexibility index (Phi) is 7.35. The van der Waals surface area contributed by atoms with E-state index in [9.17, 15) is 0 Å². The van der Waals surface area contributed by atoms with Crippen molar-refractivity contribution in [1.29, 1.82) is 0 Å². The molecule has 6 nitrogen and oxygen atoms in total. The van der Waals surface area contributed by atoms with Gasteiger partial charge in [-0.15, -0.1) is 0 Å². The van der Waals surface area contributed by atoms with E-state index in [0.717, 1.165) is 44.6 Å². The summed E-state index contributed by atoms with van der Waals surface area (Å²) >= 11 is 0. The fourth-order valence-corrected chi connectivity index (χ4v) is 2.91. The van der Waals surface area contributed by atoms with Crippen molar-refractivity contribution in [3.05, 3.63) is 60.2 Å². The van der Waals surface area contributed by atoms with Gasteiger partial charge in [-0.1, -0.05) is 30.3 Å². The molecule has 1 saturated heterocycles. The number of ether oxygens (including phenoxy) is 2. The average molecular weight is 368 g/mol. The van der Waals surface area contributed by atoms with Crippen molar-refractivity contribution in [2.75, 3.05) is 51.4 Å². The van der Waals surface area contributed by atoms with E-state index in [1.165, 1.54) is 11.3 Å². The molecule has 0 spiro atoms. The third-order valence-electron chi connectivity index (χ3n) is 4.40. The minimum atomic E-state index is 0.582. The molecule has 0 atom stereocenters. The van der Waals surface area contributed by atoms with Crippen LogP contribution >= 0.6 is 0 Å². The number of hydrogen-bond acceptors (Lipinski definition) is 4. The molecule has 0 radical (unpaired) electrons. The van der Waals surface area contributed by atoms with Crippen LogP contribution in [-0.2, 0) is 11.3 Å². The summed E-state index contributed by atoms with van der Waals surface area (Å²) in [5, 5.41) is 6.60. The largest absolute Gasteiger partial charge is 0.492 e. The number of hydrogen-bond donors (Lipinski definition) is 2. The molecule has 6 heteroatoms. The Hall–Kier alpha value is -2.73. The van der Waals surface area contributed by atoms with Crippen LogP contribution in [0.3, 0.4) is 0 Å². The third-order valence-corrected chi connectivity index (χ3v) is 4.40. The van der Waals surface area contributed by atoms with Crippen LogP contribution in [0.15, 0.2) is 59.6 Å². The second-order valence-electron chi connectivity index (χ2n) is 6.28. The first-order valence-corrected chi connectivity index (χ1v) is 9.39. The SMILES string of the molecule is CN=C(NCCOc1ccccc1)NCc1ccc(N2CCOCC2)cc1. The molecule has 0 saturated carbocycles. The molecule has 2 aromatic carbocycles. The maximum atomic E-state index is 5.68. The standard InChI is InChI=1S/C21H28N4O2/c1-22-21(23-11-14-27-20-5-3-2-4-6-20)24-17-18-7-9-19(10-8-18)25-12-15-26-16-13-25/h2-10H,11-17H2,1H3,(H2,22,23,24). The van der Waals surface area contributed by atoms with E-state index in [1.54, 1.807) is 7.05 Å². The second-order valence-corrected chi connectivity index (χ2v) is 6.28. The molecule has 1 aliphatic heterocycles. The zero-order valence-corrected chi connectivity index (χ0v) is 15.9. The minimum Gasteiger partial charge on any atom is -0.492 e. The summed E-state index contributed by atoms with van der Waals surface area (Å²) in [6.07, 6.45) is 0. The molecule has 1 fully saturated rings. The number of morpholine rings is 1. The van der Waals surface area contributed by atoms with Crippen molar-refractivity contribution in [1.82, 2.24) is 10.6 Å². The lowest BCUT2D eigenvalue weighted by Gasteiger charge is -2.28. The molecule has 0 unspecified atom stereocenters. The molecule has 2 aromatic rings. The van der Waals surface area contributed by atoms with Crippen molar-refractivity contribution in [2.45, 2.75) is 6.54 Å². The van der Waals surface area contributed by atoms with E-state index >= 15 is 0 Å². The molecule has 0 aliphatic carbocycles. The maximum Gasteiger partial charge on any atom is 0.191 e. The van der Waals surface area contributed by atoms with Crippen LogP contribution in [0.5, 0.6) is 5.75 Å². The van der Waals surface area contributed by atoms with Gasteiger partial charge in [-0.05, 0) is 29.8 Å². The fraction of sp³-hybridized carbons (Fsp3) is 0.381. The van der Waals surface area contributed by atoms with Crippen LogP contribution in [-0.4, -0.2) is 52.5 Å². The molecule has 2 N–H and O–H groups in total. The number of para-hydroxylation sites is 1. The van der Waals surface area contributed by atoms with Crippen molar-refractivity contribution in [3.8, 4) is 5.75 Å². The van der Waals surface area contributed by atoms with Gasteiger partial charge in [-0.2, -0.15) is 0 Å². The highest BCUT2D eigenvalue weighted by atomic mass is 16.5. The van der Waals surface area contributed by atoms with Gasteiger partial charge in [0.15, 0.2) is 5.96 Å². The van der Waals surface area contributed by atoms with Gasteiger partial charge < -0.3 is 25.0 Å². The predicted octanol–water partition coefficient (Wildman–Crippen LogP) is 2.27. The summed E-state index contributed by atoms with van der Waals surface area (Å²) in [5.41, 5.74) is 2.47. The zero-order valence-electron chi connectivity index (χ0n) is 15.9. The van der Waals surface area contributed by atoms with Crippen LogP contribution in [0.25, 0.3) is 0 Å². The highest BCUT2D eigenvalue weighted by molar-refractivity contribution is 5.79. The number of anilines is 1. The van der Waals surface area contributed by atoms with Crippen LogP contribution in [0, 0.1) is 0 Å². The van der Waals surface area contributed by atoms with Crippen LogP contribution in [0.2, 0.25) is 0 Å². The van der Waals surface area contributed by atoms with Gasteiger partial charge in [0.25, 0.3) is 0 Å². The average Bonchev–Trinajstić information content (AvgIpc) is 2.75. The maximum absolute atomic E-state index is 5.68. The Labute approximate surface area is 161 Å². The van der Waals surface area contributed by atoms with Crippen LogP contribution < -0.4 is 20.3 Å². The van der Waals surface area contributed by atoms with E-state index in [1.807, 2.05) is 30.3 Å². The van der Waals surface area contributed by atoms with Gasteiger partial charge in [0.1, 0.15) is 12.4 Å². The monoisotopic (exact) mass is 368 g/mol. The Bertz CT molecular complexity index is 698. The minimum absolute atomic E-state index is 0.582. The summed E-state index contributed by atoms with van der Waals surface area (Å²) in [6, 6.07) is 18.5. The highest BCUT2D eigenvalue weighted by Crippen LogP contribution is 2.16. The van der Waals surface area contributed by atoms with E-state index in [-0.39, 0.29) is 0 Å². The summed E-state index contributed by atoms with van der Waals surface area (Å²) in [7, 11) is 1.77. The van der Waals surface area contributed by atoms with Gasteiger partial charge in [0, 0.05) is 32.4 Å². The smallest absolute Gasteiger partial charge is 0.191 e. The summed E-state index contributed by atoms with van der Waals surface area (Å²) in [6.45, 7) is 5.52. The van der Waals surface area contributed by atoms with Crippen molar-refractivity contribution >= 4 is 11.6 Å². The molecule has 27 heavy (non-hydrogen) atoms. The molecule has 0 amide bonds. The van der Waals surface area contributed by atoms with E-state index < -0.39 is 0 Å². The fourth-order valence-electron chi connectivity index (χ4n) is 2.91. The van der Waals surface area contributed by atoms with E-state index in [2.05, 4.69) is 44.8 Å². The lowest BCUT2D eigenvalue weighted by atomic mass is 10.2. The number of nitrogens with one attached hydrogen (secondary N) is 2. The normalized spacial score (nSPS) is 14.7.